The molecular weight excluding hydrogens is 152 g/mol. The fraction of sp³-hybridized carbons (Fsp3) is 0.222. The van der Waals surface area contributed by atoms with E-state index in [0.29, 0.717) is 11.4 Å². The Morgan fingerprint density at radius 2 is 2.33 bits per heavy atom. The summed E-state index contributed by atoms with van der Waals surface area (Å²) in [7, 11) is 0. The van der Waals surface area contributed by atoms with Crippen molar-refractivity contribution in [2.45, 2.75) is 13.0 Å². The lowest BCUT2D eigenvalue weighted by Crippen LogP contribution is -1.93. The van der Waals surface area contributed by atoms with E-state index < -0.39 is 6.10 Å². The number of pyridine rings is 1. The summed E-state index contributed by atoms with van der Waals surface area (Å²) < 4.78 is 0. The molecule has 0 bridgehead atoms. The first kappa shape index (κ1) is 8.57. The third-order valence-electron chi connectivity index (χ3n) is 1.20. The molecule has 0 unspecified atom stereocenters. The molecule has 0 radical (unpaired) electrons. The van der Waals surface area contributed by atoms with Gasteiger partial charge in [-0.05, 0) is 25.0 Å². The highest BCUT2D eigenvalue weighted by Crippen LogP contribution is 1.98. The molecule has 1 aromatic heterocycles. The van der Waals surface area contributed by atoms with E-state index in [2.05, 4.69) is 16.8 Å². The van der Waals surface area contributed by atoms with Crippen LogP contribution in [0.25, 0.3) is 0 Å². The third kappa shape index (κ3) is 2.60. The van der Waals surface area contributed by atoms with Crippen molar-refractivity contribution in [3.05, 3.63) is 24.0 Å². The van der Waals surface area contributed by atoms with Crippen LogP contribution < -0.4 is 5.73 Å². The molecule has 0 aliphatic rings. The molecule has 1 atom stereocenters. The summed E-state index contributed by atoms with van der Waals surface area (Å²) >= 11 is 0. The number of nitrogens with two attached hydrogens (primary N) is 1. The first-order valence-corrected chi connectivity index (χ1v) is 3.59. The molecule has 1 heterocycles. The number of aliphatic hydroxyl groups is 1. The number of hydrogen-bond acceptors (Lipinski definition) is 3. The number of nitrogen functional groups attached to an aromatic ring is 1. The van der Waals surface area contributed by atoms with E-state index in [0.717, 1.165) is 0 Å². The van der Waals surface area contributed by atoms with Crippen LogP contribution in [0.2, 0.25) is 0 Å². The van der Waals surface area contributed by atoms with Gasteiger partial charge in [-0.25, -0.2) is 4.98 Å². The first-order chi connectivity index (χ1) is 5.68. The summed E-state index contributed by atoms with van der Waals surface area (Å²) in [5, 5.41) is 8.84. The molecule has 3 nitrogen and oxygen atoms in total. The Hall–Kier alpha value is -1.53. The third-order valence-corrected chi connectivity index (χ3v) is 1.20. The number of anilines is 1. The van der Waals surface area contributed by atoms with Gasteiger partial charge in [0.2, 0.25) is 0 Å². The minimum absolute atomic E-state index is 0.609. The highest BCUT2D eigenvalue weighted by Gasteiger charge is 1.88. The number of aliphatic hydroxyl groups excluding tert-OH is 1. The van der Waals surface area contributed by atoms with Crippen molar-refractivity contribution in [3.63, 3.8) is 0 Å². The van der Waals surface area contributed by atoms with Crippen LogP contribution in [0, 0.1) is 11.8 Å². The Kier molecular flexibility index (Phi) is 2.67. The molecule has 0 aromatic carbocycles. The fourth-order valence-electron chi connectivity index (χ4n) is 0.658. The van der Waals surface area contributed by atoms with E-state index in [1.807, 2.05) is 0 Å². The zero-order valence-corrected chi connectivity index (χ0v) is 6.78. The van der Waals surface area contributed by atoms with Crippen molar-refractivity contribution in [1.82, 2.24) is 4.98 Å². The van der Waals surface area contributed by atoms with Gasteiger partial charge in [-0.2, -0.15) is 0 Å². The minimum atomic E-state index is -0.621. The van der Waals surface area contributed by atoms with Gasteiger partial charge in [0.25, 0.3) is 0 Å². The number of hydrogen-bond donors (Lipinski definition) is 2. The molecule has 0 fully saturated rings. The van der Waals surface area contributed by atoms with Gasteiger partial charge in [0.05, 0.1) is 11.9 Å². The molecule has 0 spiro atoms. The molecule has 0 saturated carbocycles. The van der Waals surface area contributed by atoms with Gasteiger partial charge in [0.15, 0.2) is 0 Å². The lowest BCUT2D eigenvalue weighted by molar-refractivity contribution is 0.253. The van der Waals surface area contributed by atoms with E-state index in [1.165, 1.54) is 6.20 Å². The second-order valence-electron chi connectivity index (χ2n) is 2.42. The monoisotopic (exact) mass is 162 g/mol. The second kappa shape index (κ2) is 3.74. The maximum atomic E-state index is 8.84. The maximum absolute atomic E-state index is 8.84. The molecule has 0 aliphatic heterocycles. The minimum Gasteiger partial charge on any atom is -0.397 e. The summed E-state index contributed by atoms with van der Waals surface area (Å²) in [6.45, 7) is 1.60. The standard InChI is InChI=1S/C9H10N2O/c1-7(12)2-4-9-5-3-8(10)6-11-9/h3,5-7,12H,10H2,1H3/t7-/m0/s1. The predicted molar refractivity (Wildman–Crippen MR) is 47.2 cm³/mol. The molecule has 62 valence electrons. The van der Waals surface area contributed by atoms with E-state index in [1.54, 1.807) is 19.1 Å². The molecular formula is C9H10N2O. The van der Waals surface area contributed by atoms with Crippen molar-refractivity contribution in [2.75, 3.05) is 5.73 Å². The maximum Gasteiger partial charge on any atom is 0.113 e. The summed E-state index contributed by atoms with van der Waals surface area (Å²) in [5.74, 6) is 5.29. The van der Waals surface area contributed by atoms with Gasteiger partial charge in [-0.1, -0.05) is 5.92 Å². The smallest absolute Gasteiger partial charge is 0.113 e. The van der Waals surface area contributed by atoms with Crippen LogP contribution in [0.3, 0.4) is 0 Å². The molecule has 1 rings (SSSR count). The van der Waals surface area contributed by atoms with Crippen molar-refractivity contribution >= 4 is 5.69 Å². The van der Waals surface area contributed by atoms with Crippen LogP contribution in [-0.4, -0.2) is 16.2 Å². The normalized spacial score (nSPS) is 11.5. The van der Waals surface area contributed by atoms with Gasteiger partial charge in [0.1, 0.15) is 11.8 Å². The lowest BCUT2D eigenvalue weighted by Gasteiger charge is -1.91. The van der Waals surface area contributed by atoms with E-state index in [4.69, 9.17) is 10.8 Å². The molecule has 1 aromatic rings. The van der Waals surface area contributed by atoms with Gasteiger partial charge in [-0.15, -0.1) is 0 Å². The molecule has 3 N–H and O–H groups in total. The Bertz CT molecular complexity index is 306. The summed E-state index contributed by atoms with van der Waals surface area (Å²) in [6.07, 6.45) is 0.913. The molecule has 3 heteroatoms. The fourth-order valence-corrected chi connectivity index (χ4v) is 0.658. The number of aromatic nitrogens is 1. The topological polar surface area (TPSA) is 59.1 Å². The van der Waals surface area contributed by atoms with Gasteiger partial charge < -0.3 is 10.8 Å². The lowest BCUT2D eigenvalue weighted by atomic mass is 10.3. The van der Waals surface area contributed by atoms with Gasteiger partial charge in [-0.3, -0.25) is 0 Å². The summed E-state index contributed by atoms with van der Waals surface area (Å²) in [4.78, 5) is 3.94. The van der Waals surface area contributed by atoms with E-state index >= 15 is 0 Å². The Morgan fingerprint density at radius 3 is 2.83 bits per heavy atom. The Balaban J connectivity index is 2.79. The molecule has 0 aliphatic carbocycles. The zero-order valence-electron chi connectivity index (χ0n) is 6.78. The number of rotatable bonds is 0. The largest absolute Gasteiger partial charge is 0.397 e. The van der Waals surface area contributed by atoms with Crippen LogP contribution in [-0.2, 0) is 0 Å². The Labute approximate surface area is 71.2 Å². The Morgan fingerprint density at radius 1 is 1.58 bits per heavy atom. The van der Waals surface area contributed by atoms with Crippen LogP contribution in [0.15, 0.2) is 18.3 Å². The van der Waals surface area contributed by atoms with E-state index in [9.17, 15) is 0 Å². The highest BCUT2D eigenvalue weighted by atomic mass is 16.3. The highest BCUT2D eigenvalue weighted by molar-refractivity contribution is 5.39. The average Bonchev–Trinajstić information content (AvgIpc) is 2.03. The van der Waals surface area contributed by atoms with Crippen molar-refractivity contribution in [3.8, 4) is 11.8 Å². The molecule has 12 heavy (non-hydrogen) atoms. The van der Waals surface area contributed by atoms with Crippen LogP contribution in [0.4, 0.5) is 5.69 Å². The van der Waals surface area contributed by atoms with Crippen molar-refractivity contribution in [2.24, 2.45) is 0 Å². The van der Waals surface area contributed by atoms with E-state index in [-0.39, 0.29) is 0 Å². The molecule has 0 saturated heterocycles. The predicted octanol–water partition coefficient (Wildman–Crippen LogP) is 0.396. The van der Waals surface area contributed by atoms with Gasteiger partial charge in [0, 0.05) is 0 Å². The zero-order chi connectivity index (χ0) is 8.97. The van der Waals surface area contributed by atoms with Crippen molar-refractivity contribution in [1.29, 1.82) is 0 Å². The average molecular weight is 162 g/mol. The second-order valence-corrected chi connectivity index (χ2v) is 2.42. The first-order valence-electron chi connectivity index (χ1n) is 3.59. The number of nitrogens with zero attached hydrogens (tertiary/aromatic N) is 1. The van der Waals surface area contributed by atoms with Crippen molar-refractivity contribution < 1.29 is 5.11 Å². The molecule has 0 amide bonds. The SMILES string of the molecule is C[C@H](O)C#Cc1ccc(N)cn1. The summed E-state index contributed by atoms with van der Waals surface area (Å²) in [6, 6.07) is 3.43. The van der Waals surface area contributed by atoms with Crippen LogP contribution in [0.1, 0.15) is 12.6 Å². The van der Waals surface area contributed by atoms with Crippen LogP contribution in [0.5, 0.6) is 0 Å². The quantitative estimate of drug-likeness (QED) is 0.543. The van der Waals surface area contributed by atoms with Crippen LogP contribution >= 0.6 is 0 Å². The summed E-state index contributed by atoms with van der Waals surface area (Å²) in [5.41, 5.74) is 6.65. The van der Waals surface area contributed by atoms with Gasteiger partial charge >= 0.3 is 0 Å².